The molecule has 2 aromatic rings. The molecule has 1 aromatic heterocycles. The highest BCUT2D eigenvalue weighted by molar-refractivity contribution is 5.92. The Labute approximate surface area is 116 Å². The van der Waals surface area contributed by atoms with Gasteiger partial charge in [-0.05, 0) is 38.0 Å². The number of carbonyl (C=O) groups is 1. The Bertz CT molecular complexity index is 662. The van der Waals surface area contributed by atoms with Crippen LogP contribution in [0.3, 0.4) is 0 Å². The molecule has 1 heterocycles. The number of nitrogens with zero attached hydrogens (tertiary/aromatic N) is 2. The van der Waals surface area contributed by atoms with Crippen LogP contribution in [0.15, 0.2) is 18.2 Å². The van der Waals surface area contributed by atoms with E-state index in [9.17, 15) is 9.90 Å². The van der Waals surface area contributed by atoms with Gasteiger partial charge in [-0.2, -0.15) is 0 Å². The molecule has 2 atom stereocenters. The lowest BCUT2D eigenvalue weighted by atomic mass is 10.0. The summed E-state index contributed by atoms with van der Waals surface area (Å²) in [5.41, 5.74) is 1.95. The zero-order valence-electron chi connectivity index (χ0n) is 11.4. The number of carboxylic acids is 1. The summed E-state index contributed by atoms with van der Waals surface area (Å²) in [6.45, 7) is 2.11. The Morgan fingerprint density at radius 3 is 2.95 bits per heavy atom. The van der Waals surface area contributed by atoms with Crippen molar-refractivity contribution >= 4 is 17.0 Å². The van der Waals surface area contributed by atoms with Gasteiger partial charge in [0.15, 0.2) is 0 Å². The summed E-state index contributed by atoms with van der Waals surface area (Å²) < 4.78 is 2.11. The number of rotatable bonds is 3. The third kappa shape index (κ3) is 1.98. The maximum atomic E-state index is 11.1. The van der Waals surface area contributed by atoms with E-state index in [2.05, 4.69) is 9.55 Å². The molecular formula is C15H18N2O3. The number of hydrogen-bond acceptors (Lipinski definition) is 3. The zero-order chi connectivity index (χ0) is 14.3. The Morgan fingerprint density at radius 1 is 1.45 bits per heavy atom. The molecule has 0 radical (unpaired) electrons. The van der Waals surface area contributed by atoms with Gasteiger partial charge in [-0.25, -0.2) is 9.78 Å². The number of benzene rings is 1. The van der Waals surface area contributed by atoms with Crippen LogP contribution in [-0.4, -0.2) is 32.3 Å². The molecule has 5 nitrogen and oxygen atoms in total. The van der Waals surface area contributed by atoms with Crippen molar-refractivity contribution < 1.29 is 15.0 Å². The summed E-state index contributed by atoms with van der Waals surface area (Å²) in [7, 11) is 0. The van der Waals surface area contributed by atoms with Crippen LogP contribution in [0.4, 0.5) is 0 Å². The van der Waals surface area contributed by atoms with Crippen molar-refractivity contribution in [1.29, 1.82) is 0 Å². The second-order valence-electron chi connectivity index (χ2n) is 5.48. The normalized spacial score (nSPS) is 22.5. The Morgan fingerprint density at radius 2 is 2.25 bits per heavy atom. The molecule has 0 saturated heterocycles. The van der Waals surface area contributed by atoms with E-state index in [0.29, 0.717) is 0 Å². The Kier molecular flexibility index (Phi) is 3.22. The minimum Gasteiger partial charge on any atom is -0.478 e. The number of imidazole rings is 1. The first-order valence-electron chi connectivity index (χ1n) is 6.94. The average molecular weight is 274 g/mol. The van der Waals surface area contributed by atoms with Crippen LogP contribution in [0, 0.1) is 12.8 Å². The first kappa shape index (κ1) is 13.1. The molecule has 0 spiro atoms. The minimum absolute atomic E-state index is 0.169. The first-order valence-corrected chi connectivity index (χ1v) is 6.94. The van der Waals surface area contributed by atoms with Gasteiger partial charge in [0, 0.05) is 18.6 Å². The van der Waals surface area contributed by atoms with Gasteiger partial charge in [0.25, 0.3) is 0 Å². The maximum absolute atomic E-state index is 11.1. The number of aliphatic hydroxyl groups is 1. The van der Waals surface area contributed by atoms with Gasteiger partial charge in [-0.15, -0.1) is 0 Å². The van der Waals surface area contributed by atoms with E-state index in [1.807, 2.05) is 6.92 Å². The lowest BCUT2D eigenvalue weighted by molar-refractivity contribution is 0.0697. The second kappa shape index (κ2) is 4.90. The van der Waals surface area contributed by atoms with Gasteiger partial charge in [-0.1, -0.05) is 6.42 Å². The third-order valence-corrected chi connectivity index (χ3v) is 4.30. The predicted octanol–water partition coefficient (Wildman–Crippen LogP) is 2.38. The van der Waals surface area contributed by atoms with Crippen molar-refractivity contribution in [3.63, 3.8) is 0 Å². The molecule has 0 amide bonds. The van der Waals surface area contributed by atoms with Crippen LogP contribution in [0.5, 0.6) is 0 Å². The van der Waals surface area contributed by atoms with Crippen LogP contribution < -0.4 is 0 Å². The molecule has 2 N–H and O–H groups in total. The highest BCUT2D eigenvalue weighted by atomic mass is 16.4. The molecule has 1 fully saturated rings. The van der Waals surface area contributed by atoms with E-state index in [-0.39, 0.29) is 24.1 Å². The summed E-state index contributed by atoms with van der Waals surface area (Å²) in [6, 6.07) is 5.24. The summed E-state index contributed by atoms with van der Waals surface area (Å²) in [6.07, 6.45) is 3.11. The van der Waals surface area contributed by atoms with Gasteiger partial charge in [-0.3, -0.25) is 0 Å². The lowest BCUT2D eigenvalue weighted by Crippen LogP contribution is -2.18. The first-order chi connectivity index (χ1) is 9.61. The van der Waals surface area contributed by atoms with Crippen molar-refractivity contribution in [2.45, 2.75) is 32.2 Å². The smallest absolute Gasteiger partial charge is 0.335 e. The lowest BCUT2D eigenvalue weighted by Gasteiger charge is -2.21. The topological polar surface area (TPSA) is 75.3 Å². The summed E-state index contributed by atoms with van der Waals surface area (Å²) >= 11 is 0. The van der Waals surface area contributed by atoms with Crippen LogP contribution >= 0.6 is 0 Å². The fraction of sp³-hybridized carbons (Fsp3) is 0.467. The SMILES string of the molecule is Cc1nc2ccc(C(=O)O)cc2n1C1CCCC1CO. The van der Waals surface area contributed by atoms with Gasteiger partial charge >= 0.3 is 5.97 Å². The minimum atomic E-state index is -0.928. The Hall–Kier alpha value is -1.88. The number of carboxylic acid groups (broad SMARTS) is 1. The van der Waals surface area contributed by atoms with Crippen molar-refractivity contribution in [3.8, 4) is 0 Å². The second-order valence-corrected chi connectivity index (χ2v) is 5.48. The van der Waals surface area contributed by atoms with Crippen LogP contribution in [-0.2, 0) is 0 Å². The van der Waals surface area contributed by atoms with Gasteiger partial charge in [0.05, 0.1) is 16.6 Å². The quantitative estimate of drug-likeness (QED) is 0.901. The van der Waals surface area contributed by atoms with Crippen LogP contribution in [0.1, 0.15) is 41.5 Å². The molecule has 1 aliphatic rings. The van der Waals surface area contributed by atoms with E-state index >= 15 is 0 Å². The van der Waals surface area contributed by atoms with Gasteiger partial charge < -0.3 is 14.8 Å². The molecule has 3 rings (SSSR count). The molecule has 1 aliphatic carbocycles. The molecule has 0 aliphatic heterocycles. The van der Waals surface area contributed by atoms with Crippen molar-refractivity contribution in [2.75, 3.05) is 6.61 Å². The van der Waals surface area contributed by atoms with Crippen molar-refractivity contribution in [1.82, 2.24) is 9.55 Å². The Balaban J connectivity index is 2.15. The third-order valence-electron chi connectivity index (χ3n) is 4.30. The van der Waals surface area contributed by atoms with E-state index in [0.717, 1.165) is 36.1 Å². The molecule has 1 aromatic carbocycles. The van der Waals surface area contributed by atoms with Gasteiger partial charge in [0.1, 0.15) is 5.82 Å². The highest BCUT2D eigenvalue weighted by Crippen LogP contribution is 2.38. The zero-order valence-corrected chi connectivity index (χ0v) is 11.4. The molecule has 0 bridgehead atoms. The van der Waals surface area contributed by atoms with E-state index in [1.165, 1.54) is 0 Å². The van der Waals surface area contributed by atoms with E-state index in [1.54, 1.807) is 18.2 Å². The maximum Gasteiger partial charge on any atom is 0.335 e. The van der Waals surface area contributed by atoms with Crippen LogP contribution in [0.2, 0.25) is 0 Å². The molecule has 20 heavy (non-hydrogen) atoms. The molecule has 106 valence electrons. The molecule has 5 heteroatoms. The fourth-order valence-electron chi connectivity index (χ4n) is 3.34. The molecule has 2 unspecified atom stereocenters. The van der Waals surface area contributed by atoms with E-state index in [4.69, 9.17) is 5.11 Å². The van der Waals surface area contributed by atoms with Crippen LogP contribution in [0.25, 0.3) is 11.0 Å². The number of aryl methyl sites for hydroxylation is 1. The standard InChI is InChI=1S/C15H18N2O3/c1-9-16-12-6-5-10(15(19)20)7-14(12)17(9)13-4-2-3-11(13)8-18/h5-7,11,13,18H,2-4,8H2,1H3,(H,19,20). The summed E-state index contributed by atoms with van der Waals surface area (Å²) in [4.78, 5) is 15.7. The molecule has 1 saturated carbocycles. The molecular weight excluding hydrogens is 256 g/mol. The predicted molar refractivity (Wildman–Crippen MR) is 74.9 cm³/mol. The number of fused-ring (bicyclic) bond motifs is 1. The summed E-state index contributed by atoms with van der Waals surface area (Å²) in [5.74, 6) is 0.190. The highest BCUT2D eigenvalue weighted by Gasteiger charge is 2.30. The average Bonchev–Trinajstić information content (AvgIpc) is 2.99. The number of aromatic carboxylic acids is 1. The number of aliphatic hydroxyl groups excluding tert-OH is 1. The fourth-order valence-corrected chi connectivity index (χ4v) is 3.34. The monoisotopic (exact) mass is 274 g/mol. The van der Waals surface area contributed by atoms with Crippen molar-refractivity contribution in [2.24, 2.45) is 5.92 Å². The summed E-state index contributed by atoms with van der Waals surface area (Å²) in [5, 5.41) is 18.6. The largest absolute Gasteiger partial charge is 0.478 e. The van der Waals surface area contributed by atoms with E-state index < -0.39 is 5.97 Å². The number of hydrogen-bond donors (Lipinski definition) is 2. The van der Waals surface area contributed by atoms with Gasteiger partial charge in [0.2, 0.25) is 0 Å². The number of aromatic nitrogens is 2. The van der Waals surface area contributed by atoms with Crippen molar-refractivity contribution in [3.05, 3.63) is 29.6 Å².